The number of aromatic nitrogens is 5. The molecule has 0 radical (unpaired) electrons. The number of oxazole rings is 1. The summed E-state index contributed by atoms with van der Waals surface area (Å²) in [5, 5.41) is 6.39. The topological polar surface area (TPSA) is 108 Å². The smallest absolute Gasteiger partial charge is 0.293 e. The molecule has 1 atom stereocenters. The summed E-state index contributed by atoms with van der Waals surface area (Å²) in [6.07, 6.45) is 9.18. The van der Waals surface area contributed by atoms with Crippen LogP contribution in [0.2, 0.25) is 0 Å². The van der Waals surface area contributed by atoms with Crippen molar-refractivity contribution in [3.8, 4) is 12.3 Å². The highest BCUT2D eigenvalue weighted by molar-refractivity contribution is 6.02. The van der Waals surface area contributed by atoms with Crippen molar-refractivity contribution in [2.24, 2.45) is 5.73 Å². The summed E-state index contributed by atoms with van der Waals surface area (Å²) >= 11 is 0. The van der Waals surface area contributed by atoms with Gasteiger partial charge in [0.05, 0.1) is 12.7 Å². The van der Waals surface area contributed by atoms with E-state index in [0.29, 0.717) is 35.0 Å². The number of benzene rings is 2. The van der Waals surface area contributed by atoms with Gasteiger partial charge in [0, 0.05) is 24.5 Å². The Labute approximate surface area is 194 Å². The summed E-state index contributed by atoms with van der Waals surface area (Å²) in [5.74, 6) is 3.72. The number of imidazole rings is 1. The van der Waals surface area contributed by atoms with Gasteiger partial charge in [-0.05, 0) is 24.3 Å². The van der Waals surface area contributed by atoms with Crippen LogP contribution in [-0.2, 0) is 13.1 Å². The number of hydrogen-bond donors (Lipinski definition) is 1. The quantitative estimate of drug-likeness (QED) is 0.417. The number of nitrogens with zero attached hydrogens (tertiary/aromatic N) is 6. The van der Waals surface area contributed by atoms with E-state index in [9.17, 15) is 4.79 Å². The van der Waals surface area contributed by atoms with E-state index in [2.05, 4.69) is 20.9 Å². The van der Waals surface area contributed by atoms with E-state index in [1.54, 1.807) is 10.8 Å². The van der Waals surface area contributed by atoms with Gasteiger partial charge in [-0.3, -0.25) is 9.36 Å². The fraction of sp³-hybridized carbons (Fsp3) is 0.280. The van der Waals surface area contributed by atoms with Gasteiger partial charge < -0.3 is 15.1 Å². The lowest BCUT2D eigenvalue weighted by Gasteiger charge is -2.31. The molecule has 0 aliphatic carbocycles. The highest BCUT2D eigenvalue weighted by atomic mass is 16.3. The normalized spacial score (nSPS) is 16.5. The number of rotatable bonds is 4. The largest absolute Gasteiger partial charge is 0.438 e. The van der Waals surface area contributed by atoms with Crippen molar-refractivity contribution in [3.63, 3.8) is 0 Å². The zero-order valence-electron chi connectivity index (χ0n) is 18.5. The molecule has 4 heterocycles. The molecule has 1 aliphatic heterocycles. The van der Waals surface area contributed by atoms with Crippen molar-refractivity contribution >= 4 is 38.9 Å². The van der Waals surface area contributed by atoms with Crippen LogP contribution in [0.3, 0.4) is 0 Å². The lowest BCUT2D eigenvalue weighted by molar-refractivity contribution is 0.483. The fourth-order valence-corrected chi connectivity index (χ4v) is 4.76. The van der Waals surface area contributed by atoms with Crippen LogP contribution in [0.4, 0.5) is 5.95 Å². The lowest BCUT2D eigenvalue weighted by atomic mass is 10.1. The van der Waals surface area contributed by atoms with Crippen molar-refractivity contribution in [3.05, 3.63) is 58.8 Å². The van der Waals surface area contributed by atoms with E-state index in [1.807, 2.05) is 36.4 Å². The van der Waals surface area contributed by atoms with Crippen LogP contribution in [0.1, 0.15) is 18.7 Å². The number of anilines is 1. The minimum Gasteiger partial charge on any atom is -0.438 e. The molecule has 2 aromatic carbocycles. The second-order valence-corrected chi connectivity index (χ2v) is 8.63. The highest BCUT2D eigenvalue weighted by Gasteiger charge is 2.24. The molecule has 34 heavy (non-hydrogen) atoms. The maximum Gasteiger partial charge on any atom is 0.293 e. The van der Waals surface area contributed by atoms with Crippen molar-refractivity contribution in [2.45, 2.75) is 32.0 Å². The summed E-state index contributed by atoms with van der Waals surface area (Å²) in [6.45, 7) is 1.82. The van der Waals surface area contributed by atoms with Crippen molar-refractivity contribution in [1.29, 1.82) is 0 Å². The van der Waals surface area contributed by atoms with E-state index < -0.39 is 0 Å². The Kier molecular flexibility index (Phi) is 4.81. The standard InChI is InChI=1S/C25H23N7O2/c1-2-11-31-22-20(29-25(31)30-12-5-7-17(26)14-30)13-27-32(24(22)33)15-21-28-19-10-9-16-6-3-4-8-18(16)23(19)34-21/h1,3-4,6,8-10,13,17H,5,7,11-12,14-15,26H2/t17-/m1/s1. The molecule has 5 aromatic rings. The van der Waals surface area contributed by atoms with Gasteiger partial charge >= 0.3 is 0 Å². The number of fused-ring (bicyclic) bond motifs is 4. The molecule has 1 fully saturated rings. The first-order chi connectivity index (χ1) is 16.6. The summed E-state index contributed by atoms with van der Waals surface area (Å²) in [4.78, 5) is 24.8. The molecule has 0 saturated carbocycles. The van der Waals surface area contributed by atoms with Crippen LogP contribution in [0, 0.1) is 12.3 Å². The molecule has 170 valence electrons. The lowest BCUT2D eigenvalue weighted by Crippen LogP contribution is -2.44. The first kappa shape index (κ1) is 20.4. The van der Waals surface area contributed by atoms with E-state index in [-0.39, 0.29) is 24.7 Å². The zero-order chi connectivity index (χ0) is 23.2. The third kappa shape index (κ3) is 3.31. The number of piperidine rings is 1. The molecular weight excluding hydrogens is 430 g/mol. The number of terminal acetylenes is 1. The van der Waals surface area contributed by atoms with Crippen LogP contribution in [0.15, 0.2) is 51.8 Å². The first-order valence-corrected chi connectivity index (χ1v) is 11.3. The molecule has 6 rings (SSSR count). The second-order valence-electron chi connectivity index (χ2n) is 8.63. The molecule has 0 amide bonds. The third-order valence-corrected chi connectivity index (χ3v) is 6.33. The average molecular weight is 454 g/mol. The van der Waals surface area contributed by atoms with Crippen LogP contribution in [0.5, 0.6) is 0 Å². The predicted molar refractivity (Wildman–Crippen MR) is 131 cm³/mol. The van der Waals surface area contributed by atoms with Gasteiger partial charge in [0.25, 0.3) is 5.56 Å². The molecule has 9 nitrogen and oxygen atoms in total. The maximum atomic E-state index is 13.5. The zero-order valence-corrected chi connectivity index (χ0v) is 18.5. The van der Waals surface area contributed by atoms with Crippen molar-refractivity contribution in [1.82, 2.24) is 24.3 Å². The van der Waals surface area contributed by atoms with E-state index in [4.69, 9.17) is 21.6 Å². The Bertz CT molecular complexity index is 1640. The van der Waals surface area contributed by atoms with Crippen LogP contribution in [0.25, 0.3) is 32.9 Å². The van der Waals surface area contributed by atoms with Gasteiger partial charge in [-0.2, -0.15) is 5.10 Å². The molecule has 9 heteroatoms. The Hall–Kier alpha value is -4.16. The molecule has 1 saturated heterocycles. The second kappa shape index (κ2) is 8.01. The molecule has 3 aromatic heterocycles. The van der Waals surface area contributed by atoms with Gasteiger partial charge in [-0.1, -0.05) is 36.3 Å². The summed E-state index contributed by atoms with van der Waals surface area (Å²) in [5.41, 5.74) is 8.25. The minimum atomic E-state index is -0.292. The Morgan fingerprint density at radius 3 is 2.91 bits per heavy atom. The maximum absolute atomic E-state index is 13.5. The van der Waals surface area contributed by atoms with Gasteiger partial charge in [0.1, 0.15) is 23.1 Å². The van der Waals surface area contributed by atoms with Gasteiger partial charge in [-0.25, -0.2) is 14.6 Å². The molecule has 0 unspecified atom stereocenters. The summed E-state index contributed by atoms with van der Waals surface area (Å²) in [7, 11) is 0. The molecule has 0 bridgehead atoms. The minimum absolute atomic E-state index is 0.0675. The van der Waals surface area contributed by atoms with Crippen molar-refractivity contribution < 1.29 is 4.42 Å². The van der Waals surface area contributed by atoms with Gasteiger partial charge in [-0.15, -0.1) is 6.42 Å². The fourth-order valence-electron chi connectivity index (χ4n) is 4.76. The Balaban J connectivity index is 1.43. The van der Waals surface area contributed by atoms with E-state index >= 15 is 0 Å². The Morgan fingerprint density at radius 2 is 2.06 bits per heavy atom. The molecular formula is C25H23N7O2. The molecule has 2 N–H and O–H groups in total. The Morgan fingerprint density at radius 1 is 1.18 bits per heavy atom. The number of nitrogens with two attached hydrogens (primary N) is 1. The van der Waals surface area contributed by atoms with Crippen LogP contribution in [-0.4, -0.2) is 43.4 Å². The third-order valence-electron chi connectivity index (χ3n) is 6.33. The summed E-state index contributed by atoms with van der Waals surface area (Å²) < 4.78 is 9.18. The van der Waals surface area contributed by atoms with E-state index in [0.717, 1.165) is 35.7 Å². The first-order valence-electron chi connectivity index (χ1n) is 11.3. The SMILES string of the molecule is C#CCn1c(N2CCC[C@@H](N)C2)nc2cnn(Cc3nc4ccc5ccccc5c4o3)c(=O)c21. The van der Waals surface area contributed by atoms with E-state index in [1.165, 1.54) is 4.68 Å². The monoisotopic (exact) mass is 453 g/mol. The molecule has 1 aliphatic rings. The van der Waals surface area contributed by atoms with Gasteiger partial charge in [0.15, 0.2) is 5.58 Å². The highest BCUT2D eigenvalue weighted by Crippen LogP contribution is 2.26. The van der Waals surface area contributed by atoms with Crippen LogP contribution >= 0.6 is 0 Å². The molecule has 0 spiro atoms. The predicted octanol–water partition coefficient (Wildman–Crippen LogP) is 2.50. The summed E-state index contributed by atoms with van der Waals surface area (Å²) in [6, 6.07) is 12.0. The number of hydrogen-bond acceptors (Lipinski definition) is 7. The van der Waals surface area contributed by atoms with Crippen LogP contribution < -0.4 is 16.2 Å². The van der Waals surface area contributed by atoms with Crippen molar-refractivity contribution in [2.75, 3.05) is 18.0 Å². The van der Waals surface area contributed by atoms with Gasteiger partial charge in [0.2, 0.25) is 11.8 Å². The average Bonchev–Trinajstić information content (AvgIpc) is 3.43.